The molecular formula is C99H138BrClIO3P3. The van der Waals surface area contributed by atoms with Crippen molar-refractivity contribution < 1.29 is 68.7 Å². The van der Waals surface area contributed by atoms with Gasteiger partial charge in [-0.1, -0.05) is 296 Å². The van der Waals surface area contributed by atoms with Crippen LogP contribution in [0, 0.1) is 0 Å². The Balaban J connectivity index is 0.000000338. The Kier molecular flexibility index (Phi) is 34.0. The van der Waals surface area contributed by atoms with Crippen LogP contribution in [0.5, 0.6) is 0 Å². The van der Waals surface area contributed by atoms with E-state index in [1.54, 1.807) is 0 Å². The zero-order chi connectivity index (χ0) is 78.2. The number of benzene rings is 9. The first-order chi connectivity index (χ1) is 48.6. The molecule has 0 amide bonds. The second-order valence-corrected chi connectivity index (χ2v) is 49.9. The van der Waals surface area contributed by atoms with Gasteiger partial charge >= 0.3 is 0 Å². The number of hydrogen-bond donors (Lipinski definition) is 3. The summed E-state index contributed by atoms with van der Waals surface area (Å²) >= 11 is 0. The SMILES string of the molecule is CC(C)(C)c1ccc([P+](CCCO)(c2ccc(C(C)(C)C)cc2)c2ccc(C(C)(C)C)cc2)cc1.CC(C)(C)c1ccc([P+](CCCO)(c2ccc(C(C)(C)C)cc2)c2ccc(C(C)(C)C)cc2)cc1.CC(C)(C)c1ccc([P+](CCCO)(c2ccc(C(C)(C)C)cc2)c2ccc(C(C)(C)C)cc2)cc1.[Br-].[Cl-].[I-]. The minimum atomic E-state index is -1.95. The van der Waals surface area contributed by atoms with Gasteiger partial charge in [-0.15, -0.1) is 0 Å². The highest BCUT2D eigenvalue weighted by Gasteiger charge is 2.48. The summed E-state index contributed by atoms with van der Waals surface area (Å²) in [5.74, 6) is 0. The molecule has 0 spiro atoms. The van der Waals surface area contributed by atoms with Crippen molar-refractivity contribution in [3.8, 4) is 0 Å². The Morgan fingerprint density at radius 2 is 0.269 bits per heavy atom. The molecule has 0 unspecified atom stereocenters. The fraction of sp³-hybridized carbons (Fsp3) is 0.455. The van der Waals surface area contributed by atoms with Gasteiger partial charge in [0, 0.05) is 39.1 Å². The van der Waals surface area contributed by atoms with Crippen molar-refractivity contribution in [3.05, 3.63) is 268 Å². The third-order valence-corrected chi connectivity index (χ3v) is 35.1. The molecule has 108 heavy (non-hydrogen) atoms. The van der Waals surface area contributed by atoms with E-state index in [2.05, 4.69) is 405 Å². The van der Waals surface area contributed by atoms with Gasteiger partial charge in [0.25, 0.3) is 0 Å². The van der Waals surface area contributed by atoms with Crippen molar-refractivity contribution in [3.63, 3.8) is 0 Å². The molecule has 0 aromatic heterocycles. The quantitative estimate of drug-likeness (QED) is 0.0593. The van der Waals surface area contributed by atoms with Crippen LogP contribution in [0.3, 0.4) is 0 Å². The summed E-state index contributed by atoms with van der Waals surface area (Å²) in [6, 6.07) is 84.2. The molecule has 9 aromatic rings. The minimum Gasteiger partial charge on any atom is -1.00 e. The number of rotatable bonds is 18. The van der Waals surface area contributed by atoms with E-state index in [1.807, 2.05) is 0 Å². The van der Waals surface area contributed by atoms with Gasteiger partial charge in [0.2, 0.25) is 0 Å². The highest BCUT2D eigenvalue weighted by Crippen LogP contribution is 2.59. The lowest BCUT2D eigenvalue weighted by Crippen LogP contribution is -3.00. The van der Waals surface area contributed by atoms with E-state index < -0.39 is 21.8 Å². The first kappa shape index (κ1) is 96.0. The second kappa shape index (κ2) is 38.2. The normalized spacial score (nSPS) is 12.8. The van der Waals surface area contributed by atoms with Gasteiger partial charge in [0.15, 0.2) is 0 Å². The lowest BCUT2D eigenvalue weighted by molar-refractivity contribution is -0.001000. The Hall–Kier alpha value is -4.35. The molecule has 0 saturated carbocycles. The molecule has 0 saturated heterocycles. The minimum absolute atomic E-state index is 0. The van der Waals surface area contributed by atoms with Crippen LogP contribution >= 0.6 is 21.8 Å². The number of hydrogen-bond acceptors (Lipinski definition) is 3. The van der Waals surface area contributed by atoms with Crippen LogP contribution in [0.25, 0.3) is 0 Å². The molecule has 0 aliphatic rings. The first-order valence-electron chi connectivity index (χ1n) is 39.1. The van der Waals surface area contributed by atoms with Gasteiger partial charge in [0.1, 0.15) is 69.5 Å². The van der Waals surface area contributed by atoms with Crippen LogP contribution in [0.2, 0.25) is 0 Å². The largest absolute Gasteiger partial charge is 1.00 e. The van der Waals surface area contributed by atoms with Crippen LogP contribution in [-0.2, 0) is 48.7 Å². The summed E-state index contributed by atoms with van der Waals surface area (Å²) in [6.45, 7) is 61.9. The van der Waals surface area contributed by atoms with E-state index in [0.29, 0.717) is 0 Å². The molecule has 0 bridgehead atoms. The van der Waals surface area contributed by atoms with E-state index >= 15 is 0 Å². The van der Waals surface area contributed by atoms with Crippen molar-refractivity contribution in [2.75, 3.05) is 38.3 Å². The van der Waals surface area contributed by atoms with Gasteiger partial charge in [-0.25, -0.2) is 0 Å². The molecule has 0 heterocycles. The molecule has 0 aliphatic carbocycles. The predicted octanol–water partition coefficient (Wildman–Crippen LogP) is 12.8. The molecule has 9 aromatic carbocycles. The molecular weight excluding hydrogens is 1570 g/mol. The molecule has 3 nitrogen and oxygen atoms in total. The molecule has 0 aliphatic heterocycles. The zero-order valence-corrected chi connectivity index (χ0v) is 78.6. The number of halogens is 3. The van der Waals surface area contributed by atoms with Crippen LogP contribution in [-0.4, -0.2) is 53.6 Å². The third kappa shape index (κ3) is 23.7. The maximum atomic E-state index is 9.94. The van der Waals surface area contributed by atoms with E-state index in [0.717, 1.165) is 37.7 Å². The van der Waals surface area contributed by atoms with Crippen LogP contribution in [0.15, 0.2) is 218 Å². The summed E-state index contributed by atoms with van der Waals surface area (Å²) in [4.78, 5) is 0. The topological polar surface area (TPSA) is 60.7 Å². The average Bonchev–Trinajstić information content (AvgIpc) is 0.757. The van der Waals surface area contributed by atoms with E-state index in [9.17, 15) is 15.3 Å². The smallest absolute Gasteiger partial charge is 0.112 e. The van der Waals surface area contributed by atoms with Crippen LogP contribution in [0.4, 0.5) is 0 Å². The number of aliphatic hydroxyl groups is 3. The maximum Gasteiger partial charge on any atom is 0.112 e. The Morgan fingerprint density at radius 3 is 0.333 bits per heavy atom. The summed E-state index contributed by atoms with van der Waals surface area (Å²) in [7, 11) is -5.84. The highest BCUT2D eigenvalue weighted by atomic mass is 127. The predicted molar refractivity (Wildman–Crippen MR) is 473 cm³/mol. The fourth-order valence-corrected chi connectivity index (χ4v) is 27.1. The van der Waals surface area contributed by atoms with Crippen molar-refractivity contribution >= 4 is 69.5 Å². The number of aliphatic hydroxyl groups excluding tert-OH is 3. The highest BCUT2D eigenvalue weighted by molar-refractivity contribution is 7.96. The van der Waals surface area contributed by atoms with Gasteiger partial charge in [-0.3, -0.25) is 0 Å². The maximum absolute atomic E-state index is 9.94. The summed E-state index contributed by atoms with van der Waals surface area (Å²) in [6.07, 6.45) is 5.25. The third-order valence-electron chi connectivity index (χ3n) is 21.5. The molecule has 0 atom stereocenters. The van der Waals surface area contributed by atoms with Gasteiger partial charge in [0.05, 0.1) is 18.5 Å². The second-order valence-electron chi connectivity index (χ2n) is 39.0. The average molecular weight is 1710 g/mol. The summed E-state index contributed by atoms with van der Waals surface area (Å²) in [5.41, 5.74) is 13.3. The summed E-state index contributed by atoms with van der Waals surface area (Å²) in [5, 5.41) is 42.4. The van der Waals surface area contributed by atoms with Crippen molar-refractivity contribution in [1.82, 2.24) is 0 Å². The van der Waals surface area contributed by atoms with Crippen molar-refractivity contribution in [2.45, 2.75) is 255 Å². The van der Waals surface area contributed by atoms with Crippen LogP contribution in [0.1, 0.15) is 256 Å². The zero-order valence-electron chi connectivity index (χ0n) is 71.5. The molecule has 588 valence electrons. The van der Waals surface area contributed by atoms with Gasteiger partial charge in [-0.05, 0) is 208 Å². The lowest BCUT2D eigenvalue weighted by Gasteiger charge is -2.30. The van der Waals surface area contributed by atoms with Crippen LogP contribution < -0.4 is 101 Å². The lowest BCUT2D eigenvalue weighted by atomic mass is 9.87. The van der Waals surface area contributed by atoms with E-state index in [-0.39, 0.29) is 122 Å². The molecule has 0 fully saturated rings. The first-order valence-corrected chi connectivity index (χ1v) is 45.0. The van der Waals surface area contributed by atoms with Crippen molar-refractivity contribution in [2.24, 2.45) is 0 Å². The molecule has 0 radical (unpaired) electrons. The Morgan fingerprint density at radius 1 is 0.185 bits per heavy atom. The Labute approximate surface area is 694 Å². The molecule has 3 N–H and O–H groups in total. The standard InChI is InChI=1S/3C33H46OP.BrH.ClH.HI/c3*1-31(2,3)25-11-17-28(18-12-25)35(24-10-23-34,29-19-13-26(14-20-29)32(4,5)6)30-21-15-27(16-22-30)33(7,8)9;;;/h3*11-22,34H,10,23-24H2,1-9H3;3*1H/q3*+1;;;/p-3. The Bertz CT molecular complexity index is 3310. The van der Waals surface area contributed by atoms with Crippen molar-refractivity contribution in [1.29, 1.82) is 0 Å². The molecule has 9 rings (SSSR count). The van der Waals surface area contributed by atoms with E-state index in [1.165, 1.54) is 97.8 Å². The summed E-state index contributed by atoms with van der Waals surface area (Å²) < 4.78 is 0. The fourth-order valence-electron chi connectivity index (χ4n) is 14.4. The monoisotopic (exact) mass is 1710 g/mol. The molecule has 9 heteroatoms. The van der Waals surface area contributed by atoms with Gasteiger partial charge < -0.3 is 68.7 Å². The van der Waals surface area contributed by atoms with Gasteiger partial charge in [-0.2, -0.15) is 0 Å². The van der Waals surface area contributed by atoms with E-state index in [4.69, 9.17) is 0 Å².